The van der Waals surface area contributed by atoms with Crippen LogP contribution in [0.3, 0.4) is 0 Å². The summed E-state index contributed by atoms with van der Waals surface area (Å²) in [6.45, 7) is 0. The van der Waals surface area contributed by atoms with Crippen LogP contribution in [0.25, 0.3) is 61.2 Å². The Labute approximate surface area is 244 Å². The highest BCUT2D eigenvalue weighted by Crippen LogP contribution is 2.42. The lowest BCUT2D eigenvalue weighted by atomic mass is 9.86. The number of rotatable bonds is 4. The van der Waals surface area contributed by atoms with Crippen LogP contribution >= 0.6 is 11.8 Å². The highest BCUT2D eigenvalue weighted by molar-refractivity contribution is 7.98. The molecule has 8 rings (SSSR count). The second-order valence-electron chi connectivity index (χ2n) is 10.4. The van der Waals surface area contributed by atoms with Crippen molar-refractivity contribution in [1.29, 1.82) is 0 Å². The third kappa shape index (κ3) is 4.18. The first kappa shape index (κ1) is 24.0. The van der Waals surface area contributed by atoms with Crippen molar-refractivity contribution in [1.82, 2.24) is 9.55 Å². The van der Waals surface area contributed by atoms with Crippen molar-refractivity contribution in [3.05, 3.63) is 151 Å². The summed E-state index contributed by atoms with van der Waals surface area (Å²) in [5, 5.41) is 0. The lowest BCUT2D eigenvalue weighted by Gasteiger charge is -2.18. The summed E-state index contributed by atoms with van der Waals surface area (Å²) < 4.78 is 2.34. The molecule has 0 aliphatic carbocycles. The van der Waals surface area contributed by atoms with E-state index in [0.717, 1.165) is 22.6 Å². The van der Waals surface area contributed by atoms with Gasteiger partial charge in [0.15, 0.2) is 0 Å². The van der Waals surface area contributed by atoms with E-state index in [9.17, 15) is 0 Å². The van der Waals surface area contributed by atoms with Crippen molar-refractivity contribution >= 4 is 22.8 Å². The molecule has 7 aromatic rings. The predicted octanol–water partition coefficient (Wildman–Crippen LogP) is 10.3. The summed E-state index contributed by atoms with van der Waals surface area (Å²) >= 11 is 1.86. The zero-order valence-corrected chi connectivity index (χ0v) is 23.2. The second-order valence-corrected chi connectivity index (χ2v) is 11.4. The molecule has 1 aliphatic rings. The third-order valence-electron chi connectivity index (χ3n) is 7.91. The Morgan fingerprint density at radius 1 is 0.512 bits per heavy atom. The number of aromatic nitrogens is 2. The van der Waals surface area contributed by atoms with Crippen LogP contribution < -0.4 is 0 Å². The van der Waals surface area contributed by atoms with Gasteiger partial charge >= 0.3 is 0 Å². The van der Waals surface area contributed by atoms with Crippen molar-refractivity contribution in [3.8, 4) is 50.2 Å². The number of imidazole rings is 1. The van der Waals surface area contributed by atoms with Gasteiger partial charge in [-0.05, 0) is 74.8 Å². The van der Waals surface area contributed by atoms with Crippen molar-refractivity contribution < 1.29 is 0 Å². The maximum Gasteiger partial charge on any atom is 0.124 e. The molecule has 0 spiro atoms. The average molecular weight is 543 g/mol. The van der Waals surface area contributed by atoms with Gasteiger partial charge in [0.05, 0.1) is 22.5 Å². The predicted molar refractivity (Wildman–Crippen MR) is 172 cm³/mol. The van der Waals surface area contributed by atoms with Crippen LogP contribution in [0.1, 0.15) is 5.82 Å². The largest absolute Gasteiger partial charge is 0.294 e. The number of para-hydroxylation sites is 1. The van der Waals surface area contributed by atoms with Crippen LogP contribution in [0.4, 0.5) is 0 Å². The second kappa shape index (κ2) is 9.96. The van der Waals surface area contributed by atoms with Crippen LogP contribution in [0.5, 0.6) is 0 Å². The van der Waals surface area contributed by atoms with Gasteiger partial charge in [0.2, 0.25) is 0 Å². The lowest BCUT2D eigenvalue weighted by molar-refractivity contribution is 0.945. The minimum Gasteiger partial charge on any atom is -0.294 e. The van der Waals surface area contributed by atoms with E-state index in [0.29, 0.717) is 0 Å². The van der Waals surface area contributed by atoms with Gasteiger partial charge < -0.3 is 0 Å². The summed E-state index contributed by atoms with van der Waals surface area (Å²) in [5.74, 6) is 1.99. The van der Waals surface area contributed by atoms with Crippen LogP contribution in [-0.2, 0) is 5.75 Å². The third-order valence-corrected chi connectivity index (χ3v) is 8.96. The number of nitrogens with zero attached hydrogens (tertiary/aromatic N) is 2. The highest BCUT2D eigenvalue weighted by atomic mass is 32.2. The Bertz CT molecular complexity index is 1980. The molecule has 41 heavy (non-hydrogen) atoms. The van der Waals surface area contributed by atoms with E-state index in [1.165, 1.54) is 55.1 Å². The average Bonchev–Trinajstić information content (AvgIpc) is 3.44. The van der Waals surface area contributed by atoms with Crippen LogP contribution in [0.15, 0.2) is 150 Å². The van der Waals surface area contributed by atoms with E-state index < -0.39 is 0 Å². The monoisotopic (exact) mass is 542 g/mol. The zero-order valence-electron chi connectivity index (χ0n) is 22.4. The first-order valence-electron chi connectivity index (χ1n) is 13.9. The fourth-order valence-electron chi connectivity index (χ4n) is 6.01. The SMILES string of the molecule is c1ccc(-c2cccc(-c3ccccc3)c2-c2cccc(-c3ccc4nc5n(c4c3)-c3ccccc3SC5)c2)cc1. The molecule has 3 heteroatoms. The van der Waals surface area contributed by atoms with Gasteiger partial charge in [-0.1, -0.05) is 115 Å². The van der Waals surface area contributed by atoms with E-state index in [2.05, 4.69) is 150 Å². The Kier molecular flexibility index (Phi) is 5.82. The molecular weight excluding hydrogens is 516 g/mol. The van der Waals surface area contributed by atoms with Gasteiger partial charge in [-0.3, -0.25) is 4.57 Å². The fourth-order valence-corrected chi connectivity index (χ4v) is 6.97. The normalized spacial score (nSPS) is 12.2. The molecule has 1 aromatic heterocycles. The number of thioether (sulfide) groups is 1. The van der Waals surface area contributed by atoms with Crippen molar-refractivity contribution in [2.24, 2.45) is 0 Å². The van der Waals surface area contributed by atoms with Gasteiger partial charge in [-0.15, -0.1) is 11.8 Å². The maximum absolute atomic E-state index is 4.98. The van der Waals surface area contributed by atoms with Gasteiger partial charge in [0.25, 0.3) is 0 Å². The molecule has 0 unspecified atom stereocenters. The molecule has 0 N–H and O–H groups in total. The number of hydrogen-bond donors (Lipinski definition) is 0. The fraction of sp³-hybridized carbons (Fsp3) is 0.0263. The molecule has 1 aliphatic heterocycles. The van der Waals surface area contributed by atoms with E-state index >= 15 is 0 Å². The number of fused-ring (bicyclic) bond motifs is 5. The number of benzene rings is 6. The van der Waals surface area contributed by atoms with Gasteiger partial charge in [0, 0.05) is 4.90 Å². The van der Waals surface area contributed by atoms with E-state index in [1.807, 2.05) is 11.8 Å². The van der Waals surface area contributed by atoms with Gasteiger partial charge in [0.1, 0.15) is 5.82 Å². The summed E-state index contributed by atoms with van der Waals surface area (Å²) in [6, 6.07) is 52.4. The Morgan fingerprint density at radius 3 is 1.88 bits per heavy atom. The maximum atomic E-state index is 4.98. The zero-order chi connectivity index (χ0) is 27.2. The Hall–Kier alpha value is -4.86. The first-order chi connectivity index (χ1) is 20.3. The van der Waals surface area contributed by atoms with Crippen LogP contribution in [0, 0.1) is 0 Å². The highest BCUT2D eigenvalue weighted by Gasteiger charge is 2.21. The molecule has 2 heterocycles. The minimum absolute atomic E-state index is 0.884. The molecule has 2 nitrogen and oxygen atoms in total. The standard InChI is InChI=1S/C38H26N2S/c1-3-11-26(12-4-1)31-17-10-18-32(27-13-5-2-6-14-27)38(31)30-16-9-15-28(23-30)29-21-22-33-35(24-29)40-34-19-7-8-20-36(34)41-25-37(40)39-33/h1-24H,25H2. The molecular formula is C38H26N2S. The van der Waals surface area contributed by atoms with Crippen molar-refractivity contribution in [2.45, 2.75) is 10.6 Å². The Balaban J connectivity index is 1.31. The van der Waals surface area contributed by atoms with Crippen molar-refractivity contribution in [3.63, 3.8) is 0 Å². The van der Waals surface area contributed by atoms with E-state index in [-0.39, 0.29) is 0 Å². The molecule has 0 radical (unpaired) electrons. The molecule has 0 atom stereocenters. The first-order valence-corrected chi connectivity index (χ1v) is 14.9. The Morgan fingerprint density at radius 2 is 1.12 bits per heavy atom. The summed E-state index contributed by atoms with van der Waals surface area (Å²) in [6.07, 6.45) is 0. The molecule has 194 valence electrons. The smallest absolute Gasteiger partial charge is 0.124 e. The molecule has 6 aromatic carbocycles. The summed E-state index contributed by atoms with van der Waals surface area (Å²) in [5.41, 5.74) is 13.2. The molecule has 0 saturated carbocycles. The molecule has 0 amide bonds. The van der Waals surface area contributed by atoms with Crippen LogP contribution in [0.2, 0.25) is 0 Å². The van der Waals surface area contributed by atoms with Gasteiger partial charge in [-0.25, -0.2) is 4.98 Å². The topological polar surface area (TPSA) is 17.8 Å². The van der Waals surface area contributed by atoms with Gasteiger partial charge in [-0.2, -0.15) is 0 Å². The number of hydrogen-bond acceptors (Lipinski definition) is 2. The molecule has 0 fully saturated rings. The van der Waals surface area contributed by atoms with Crippen LogP contribution in [-0.4, -0.2) is 9.55 Å². The summed E-state index contributed by atoms with van der Waals surface area (Å²) in [4.78, 5) is 6.29. The molecule has 0 bridgehead atoms. The van der Waals surface area contributed by atoms with Crippen molar-refractivity contribution in [2.75, 3.05) is 0 Å². The summed E-state index contributed by atoms with van der Waals surface area (Å²) in [7, 11) is 0. The van der Waals surface area contributed by atoms with E-state index in [4.69, 9.17) is 4.98 Å². The lowest BCUT2D eigenvalue weighted by Crippen LogP contribution is -2.06. The van der Waals surface area contributed by atoms with E-state index in [1.54, 1.807) is 0 Å². The quantitative estimate of drug-likeness (QED) is 0.220. The minimum atomic E-state index is 0.884. The molecule has 0 saturated heterocycles.